The van der Waals surface area contributed by atoms with Crippen LogP contribution < -0.4 is 10.1 Å². The number of ether oxygens (including phenoxy) is 2. The summed E-state index contributed by atoms with van der Waals surface area (Å²) in [4.78, 5) is 26.2. The van der Waals surface area contributed by atoms with Crippen LogP contribution in [0.3, 0.4) is 0 Å². The Kier molecular flexibility index (Phi) is 7.26. The number of methoxy groups -OCH3 is 1. The number of aromatic nitrogens is 3. The third-order valence-electron chi connectivity index (χ3n) is 6.59. The number of likely N-dealkylation sites (N-methyl/N-ethyl adjacent to an activating group) is 1. The number of fused-ring (bicyclic) bond motifs is 1. The van der Waals surface area contributed by atoms with Crippen LogP contribution in [0.5, 0.6) is 5.75 Å². The minimum atomic E-state index is -0.442. The fourth-order valence-corrected chi connectivity index (χ4v) is 4.76. The fourth-order valence-electron chi connectivity index (χ4n) is 4.76. The van der Waals surface area contributed by atoms with Crippen LogP contribution in [-0.4, -0.2) is 83.6 Å². The van der Waals surface area contributed by atoms with E-state index in [2.05, 4.69) is 20.2 Å². The van der Waals surface area contributed by atoms with Crippen molar-refractivity contribution in [3.05, 3.63) is 71.9 Å². The molecule has 1 saturated heterocycles. The van der Waals surface area contributed by atoms with Gasteiger partial charge in [-0.15, -0.1) is 0 Å². The number of nitrogens with zero attached hydrogens (tertiary/aromatic N) is 5. The molecule has 1 fully saturated rings. The highest BCUT2D eigenvalue weighted by molar-refractivity contribution is 5.96. The van der Waals surface area contributed by atoms with Crippen LogP contribution in [0.25, 0.3) is 16.9 Å². The molecule has 2 aromatic heterocycles. The Hall–Kier alpha value is -4.02. The summed E-state index contributed by atoms with van der Waals surface area (Å²) in [6, 6.07) is 10.4. The molecule has 2 aromatic carbocycles. The zero-order valence-electron chi connectivity index (χ0n) is 21.9. The summed E-state index contributed by atoms with van der Waals surface area (Å²) in [6.07, 6.45) is 5.13. The number of benzene rings is 2. The standard InChI is InChI=1S/C28H31FN6O3/c1-18-13-20(6-7-22(18)28(36)34-11-12-38-21(17-34)16-33(2)3)32-26-27-31-15-24(35(27)10-9-30-26)19-5-8-25(37-4)23(29)14-19/h5-10,13-15,21H,11-12,16-17H2,1-4H3,(H,30,32). The van der Waals surface area contributed by atoms with Crippen LogP contribution in [-0.2, 0) is 4.74 Å². The van der Waals surface area contributed by atoms with Gasteiger partial charge in [0.25, 0.3) is 5.91 Å². The molecule has 4 aromatic rings. The first-order valence-electron chi connectivity index (χ1n) is 12.4. The number of aryl methyl sites for hydroxylation is 1. The van der Waals surface area contributed by atoms with Gasteiger partial charge >= 0.3 is 0 Å². The lowest BCUT2D eigenvalue weighted by atomic mass is 10.1. The molecule has 0 spiro atoms. The maximum atomic E-state index is 14.3. The maximum absolute atomic E-state index is 14.3. The summed E-state index contributed by atoms with van der Waals surface area (Å²) in [5.74, 6) is 0.297. The summed E-state index contributed by atoms with van der Waals surface area (Å²) in [7, 11) is 5.43. The lowest BCUT2D eigenvalue weighted by Gasteiger charge is -2.34. The van der Waals surface area contributed by atoms with Crippen molar-refractivity contribution < 1.29 is 18.7 Å². The van der Waals surface area contributed by atoms with Crippen molar-refractivity contribution in [1.29, 1.82) is 0 Å². The summed E-state index contributed by atoms with van der Waals surface area (Å²) >= 11 is 0. The number of morpholine rings is 1. The summed E-state index contributed by atoms with van der Waals surface area (Å²) in [5.41, 5.74) is 4.30. The fraction of sp³-hybridized carbons (Fsp3) is 0.321. The second kappa shape index (κ2) is 10.8. The van der Waals surface area contributed by atoms with Gasteiger partial charge in [0.15, 0.2) is 23.0 Å². The van der Waals surface area contributed by atoms with E-state index in [-0.39, 0.29) is 17.8 Å². The van der Waals surface area contributed by atoms with Crippen molar-refractivity contribution in [1.82, 2.24) is 24.2 Å². The first-order chi connectivity index (χ1) is 18.3. The van der Waals surface area contributed by atoms with E-state index in [1.807, 2.05) is 48.5 Å². The van der Waals surface area contributed by atoms with Crippen LogP contribution >= 0.6 is 0 Å². The highest BCUT2D eigenvalue weighted by Gasteiger charge is 2.26. The molecule has 0 aliphatic carbocycles. The smallest absolute Gasteiger partial charge is 0.254 e. The second-order valence-corrected chi connectivity index (χ2v) is 9.62. The van der Waals surface area contributed by atoms with Gasteiger partial charge in [-0.25, -0.2) is 14.4 Å². The van der Waals surface area contributed by atoms with Gasteiger partial charge in [0.2, 0.25) is 0 Å². The molecule has 1 amide bonds. The molecule has 1 unspecified atom stereocenters. The van der Waals surface area contributed by atoms with E-state index >= 15 is 0 Å². The van der Waals surface area contributed by atoms with Crippen molar-refractivity contribution in [3.63, 3.8) is 0 Å². The molecule has 10 heteroatoms. The van der Waals surface area contributed by atoms with Crippen LogP contribution in [0.1, 0.15) is 15.9 Å². The minimum Gasteiger partial charge on any atom is -0.494 e. The van der Waals surface area contributed by atoms with E-state index in [0.717, 1.165) is 23.5 Å². The topological polar surface area (TPSA) is 84.2 Å². The number of amides is 1. The van der Waals surface area contributed by atoms with E-state index in [4.69, 9.17) is 9.47 Å². The van der Waals surface area contributed by atoms with Crippen LogP contribution in [0, 0.1) is 12.7 Å². The van der Waals surface area contributed by atoms with E-state index < -0.39 is 5.82 Å². The van der Waals surface area contributed by atoms with Crippen molar-refractivity contribution >= 4 is 23.1 Å². The molecule has 198 valence electrons. The number of rotatable bonds is 7. The van der Waals surface area contributed by atoms with Gasteiger partial charge in [0.1, 0.15) is 0 Å². The lowest BCUT2D eigenvalue weighted by molar-refractivity contribution is -0.0306. The number of carbonyl (C=O) groups is 1. The number of carbonyl (C=O) groups excluding carboxylic acids is 1. The number of nitrogens with one attached hydrogen (secondary N) is 1. The van der Waals surface area contributed by atoms with E-state index in [1.165, 1.54) is 13.2 Å². The second-order valence-electron chi connectivity index (χ2n) is 9.62. The molecule has 5 rings (SSSR count). The largest absolute Gasteiger partial charge is 0.494 e. The molecule has 3 heterocycles. The van der Waals surface area contributed by atoms with E-state index in [0.29, 0.717) is 42.3 Å². The SMILES string of the molecule is COc1ccc(-c2cnc3c(Nc4ccc(C(=O)N5CCOC(CN(C)C)C5)c(C)c4)nccn23)cc1F. The van der Waals surface area contributed by atoms with Crippen molar-refractivity contribution in [2.75, 3.05) is 52.8 Å². The van der Waals surface area contributed by atoms with Gasteiger partial charge in [-0.05, 0) is 63.0 Å². The predicted octanol–water partition coefficient (Wildman–Crippen LogP) is 4.00. The first-order valence-corrected chi connectivity index (χ1v) is 12.4. The zero-order valence-corrected chi connectivity index (χ0v) is 21.9. The third kappa shape index (κ3) is 5.18. The Balaban J connectivity index is 1.36. The number of hydrogen-bond donors (Lipinski definition) is 1. The first kappa shape index (κ1) is 25.6. The summed E-state index contributed by atoms with van der Waals surface area (Å²) in [5, 5.41) is 3.32. The Morgan fingerprint density at radius 2 is 2.08 bits per heavy atom. The average molecular weight is 519 g/mol. The minimum absolute atomic E-state index is 0.00403. The molecule has 1 atom stereocenters. The van der Waals surface area contributed by atoms with Gasteiger partial charge in [-0.2, -0.15) is 0 Å². The van der Waals surface area contributed by atoms with Crippen molar-refractivity contribution in [3.8, 4) is 17.0 Å². The maximum Gasteiger partial charge on any atom is 0.254 e. The third-order valence-corrected chi connectivity index (χ3v) is 6.59. The Labute approximate surface area is 220 Å². The number of halogens is 1. The van der Waals surface area contributed by atoms with Gasteiger partial charge in [-0.3, -0.25) is 9.20 Å². The monoisotopic (exact) mass is 518 g/mol. The Morgan fingerprint density at radius 3 is 2.82 bits per heavy atom. The summed E-state index contributed by atoms with van der Waals surface area (Å²) < 4.78 is 27.0. The molecule has 0 saturated carbocycles. The van der Waals surface area contributed by atoms with Gasteiger partial charge in [0, 0.05) is 48.8 Å². The zero-order chi connectivity index (χ0) is 26.8. The Morgan fingerprint density at radius 1 is 1.24 bits per heavy atom. The van der Waals surface area contributed by atoms with Crippen LogP contribution in [0.2, 0.25) is 0 Å². The highest BCUT2D eigenvalue weighted by Crippen LogP contribution is 2.29. The van der Waals surface area contributed by atoms with Crippen LogP contribution in [0.4, 0.5) is 15.9 Å². The highest BCUT2D eigenvalue weighted by atomic mass is 19.1. The van der Waals surface area contributed by atoms with E-state index in [9.17, 15) is 9.18 Å². The number of anilines is 2. The van der Waals surface area contributed by atoms with Gasteiger partial charge in [-0.1, -0.05) is 0 Å². The average Bonchev–Trinajstić information content (AvgIpc) is 3.33. The van der Waals surface area contributed by atoms with Crippen LogP contribution in [0.15, 0.2) is 55.0 Å². The lowest BCUT2D eigenvalue weighted by Crippen LogP contribution is -2.48. The molecule has 0 bridgehead atoms. The Bertz CT molecular complexity index is 1470. The molecule has 1 aliphatic heterocycles. The summed E-state index contributed by atoms with van der Waals surface area (Å²) in [6.45, 7) is 4.38. The normalized spacial score (nSPS) is 15.7. The molecular weight excluding hydrogens is 487 g/mol. The van der Waals surface area contributed by atoms with Gasteiger partial charge < -0.3 is 24.6 Å². The number of imidazole rings is 1. The molecule has 9 nitrogen and oxygen atoms in total. The van der Waals surface area contributed by atoms with E-state index in [1.54, 1.807) is 30.7 Å². The van der Waals surface area contributed by atoms with Crippen molar-refractivity contribution in [2.45, 2.75) is 13.0 Å². The van der Waals surface area contributed by atoms with Crippen molar-refractivity contribution in [2.24, 2.45) is 0 Å². The number of hydrogen-bond acceptors (Lipinski definition) is 7. The van der Waals surface area contributed by atoms with Gasteiger partial charge in [0.05, 0.1) is 31.7 Å². The predicted molar refractivity (Wildman–Crippen MR) is 144 cm³/mol. The molecular formula is C28H31FN6O3. The molecule has 1 N–H and O–H groups in total. The molecule has 1 aliphatic rings. The quantitative estimate of drug-likeness (QED) is 0.396. The molecule has 0 radical (unpaired) electrons. The molecule has 38 heavy (non-hydrogen) atoms.